The van der Waals surface area contributed by atoms with Gasteiger partial charge in [-0.15, -0.1) is 0 Å². The first kappa shape index (κ1) is 13.3. The van der Waals surface area contributed by atoms with Crippen molar-refractivity contribution in [2.45, 2.75) is 83.3 Å². The van der Waals surface area contributed by atoms with Gasteiger partial charge in [-0.1, -0.05) is 77.8 Å². The van der Waals surface area contributed by atoms with Crippen LogP contribution < -0.4 is 0 Å². The van der Waals surface area contributed by atoms with Gasteiger partial charge < -0.3 is 0 Å². The summed E-state index contributed by atoms with van der Waals surface area (Å²) in [6, 6.07) is 0. The molecule has 0 aromatic carbocycles. The van der Waals surface area contributed by atoms with Crippen LogP contribution in [0.2, 0.25) is 18.6 Å². The van der Waals surface area contributed by atoms with Crippen molar-refractivity contribution in [1.82, 2.24) is 0 Å². The average Bonchev–Trinajstić information content (AvgIpc) is 2.23. The van der Waals surface area contributed by atoms with E-state index in [1.165, 1.54) is 57.8 Å². The zero-order valence-electron chi connectivity index (χ0n) is 11.0. The topological polar surface area (TPSA) is 0 Å². The number of rotatable bonds is 1. The summed E-state index contributed by atoms with van der Waals surface area (Å²) in [6.45, 7) is 7.55. The normalized spacial score (nSPS) is 31.2. The lowest BCUT2D eigenvalue weighted by molar-refractivity contribution is 0.441. The van der Waals surface area contributed by atoms with Gasteiger partial charge in [0.05, 0.1) is 0 Å². The van der Waals surface area contributed by atoms with E-state index in [0.29, 0.717) is 0 Å². The van der Waals surface area contributed by atoms with Crippen molar-refractivity contribution in [1.29, 1.82) is 0 Å². The summed E-state index contributed by atoms with van der Waals surface area (Å²) in [5.41, 5.74) is 1.09. The van der Waals surface area contributed by atoms with Gasteiger partial charge in [-0.25, -0.2) is 0 Å². The molecule has 2 unspecified atom stereocenters. The van der Waals surface area contributed by atoms with Gasteiger partial charge in [0.2, 0.25) is 0 Å². The van der Waals surface area contributed by atoms with E-state index in [2.05, 4.69) is 20.0 Å². The molecule has 89 valence electrons. The quantitative estimate of drug-likeness (QED) is 0.533. The predicted molar refractivity (Wildman–Crippen MR) is 71.9 cm³/mol. The summed E-state index contributed by atoms with van der Waals surface area (Å²) in [7, 11) is -0.0622. The molecule has 0 aromatic rings. The molecule has 0 aromatic heterocycles. The molecular formula is C14H29Si. The lowest BCUT2D eigenvalue weighted by Gasteiger charge is -2.26. The molecule has 2 atom stereocenters. The highest BCUT2D eigenvalue weighted by atomic mass is 28.3. The second-order valence-electron chi connectivity index (χ2n) is 5.71. The molecule has 1 rings (SSSR count). The fraction of sp³-hybridized carbons (Fsp3) is 1.00. The molecule has 0 bridgehead atoms. The summed E-state index contributed by atoms with van der Waals surface area (Å²) in [6.07, 6.45) is 13.5. The summed E-state index contributed by atoms with van der Waals surface area (Å²) in [5, 5.41) is 0. The largest absolute Gasteiger partial charge is 0.0711 e. The Morgan fingerprint density at radius 2 is 1.20 bits per heavy atom. The van der Waals surface area contributed by atoms with Gasteiger partial charge in [0.25, 0.3) is 0 Å². The zero-order chi connectivity index (χ0) is 11.1. The van der Waals surface area contributed by atoms with Crippen LogP contribution in [0.3, 0.4) is 0 Å². The monoisotopic (exact) mass is 225 g/mol. The van der Waals surface area contributed by atoms with Crippen LogP contribution in [0.25, 0.3) is 0 Å². The Balaban J connectivity index is 2.43. The van der Waals surface area contributed by atoms with E-state index in [0.717, 1.165) is 11.5 Å². The van der Waals surface area contributed by atoms with E-state index in [1.807, 2.05) is 0 Å². The molecule has 1 radical (unpaired) electrons. The lowest BCUT2D eigenvalue weighted by atomic mass is 9.97. The smallest absolute Gasteiger partial charge is 0.0448 e. The van der Waals surface area contributed by atoms with E-state index < -0.39 is 0 Å². The van der Waals surface area contributed by atoms with Crippen LogP contribution >= 0.6 is 0 Å². The molecule has 0 N–H and O–H groups in total. The average molecular weight is 225 g/mol. The summed E-state index contributed by atoms with van der Waals surface area (Å²) >= 11 is 0. The highest BCUT2D eigenvalue weighted by molar-refractivity contribution is 6.57. The van der Waals surface area contributed by atoms with Crippen LogP contribution in [-0.4, -0.2) is 8.80 Å². The van der Waals surface area contributed by atoms with Crippen molar-refractivity contribution in [2.24, 2.45) is 5.92 Å². The van der Waals surface area contributed by atoms with Crippen LogP contribution in [0.1, 0.15) is 64.7 Å². The first-order valence-corrected chi connectivity index (χ1v) is 9.59. The van der Waals surface area contributed by atoms with E-state index >= 15 is 0 Å². The maximum atomic E-state index is 2.52. The van der Waals surface area contributed by atoms with Crippen LogP contribution in [-0.2, 0) is 0 Å². The van der Waals surface area contributed by atoms with Crippen LogP contribution in [0.15, 0.2) is 0 Å². The minimum absolute atomic E-state index is 0.0622. The lowest BCUT2D eigenvalue weighted by Crippen LogP contribution is -2.19. The molecule has 0 spiro atoms. The summed E-state index contributed by atoms with van der Waals surface area (Å²) in [5.74, 6) is 1.01. The summed E-state index contributed by atoms with van der Waals surface area (Å²) < 4.78 is 0. The third kappa shape index (κ3) is 5.19. The number of hydrogen-bond donors (Lipinski definition) is 0. The van der Waals surface area contributed by atoms with Crippen molar-refractivity contribution in [2.75, 3.05) is 0 Å². The molecule has 1 aliphatic carbocycles. The Kier molecular flexibility index (Phi) is 6.63. The van der Waals surface area contributed by atoms with Gasteiger partial charge in [-0.05, 0) is 11.5 Å². The van der Waals surface area contributed by atoms with Crippen molar-refractivity contribution in [3.8, 4) is 0 Å². The van der Waals surface area contributed by atoms with Crippen molar-refractivity contribution in [3.05, 3.63) is 0 Å². The molecule has 0 aliphatic heterocycles. The Hall–Kier alpha value is 0.217. The van der Waals surface area contributed by atoms with E-state index in [1.54, 1.807) is 0 Å². The van der Waals surface area contributed by atoms with Crippen molar-refractivity contribution >= 4 is 8.80 Å². The third-order valence-corrected chi connectivity index (χ3v) is 6.44. The molecule has 0 amide bonds. The Labute approximate surface area is 98.5 Å². The maximum absolute atomic E-state index is 2.52. The minimum Gasteiger partial charge on any atom is -0.0711 e. The van der Waals surface area contributed by atoms with Gasteiger partial charge in [-0.2, -0.15) is 0 Å². The molecular weight excluding hydrogens is 196 g/mol. The molecule has 0 nitrogen and oxygen atoms in total. The third-order valence-electron chi connectivity index (χ3n) is 4.10. The van der Waals surface area contributed by atoms with Gasteiger partial charge in [0, 0.05) is 8.80 Å². The van der Waals surface area contributed by atoms with E-state index in [4.69, 9.17) is 0 Å². The summed E-state index contributed by atoms with van der Waals surface area (Å²) in [4.78, 5) is 0. The maximum Gasteiger partial charge on any atom is 0.0448 e. The minimum atomic E-state index is -0.0622. The first-order valence-electron chi connectivity index (χ1n) is 7.02. The molecule has 0 heterocycles. The van der Waals surface area contributed by atoms with Crippen LogP contribution in [0.5, 0.6) is 0 Å². The second-order valence-corrected chi connectivity index (χ2v) is 8.61. The zero-order valence-corrected chi connectivity index (χ0v) is 12.0. The Bertz CT molecular complexity index is 153. The van der Waals surface area contributed by atoms with Gasteiger partial charge in [0.15, 0.2) is 0 Å². The predicted octanol–water partition coefficient (Wildman–Crippen LogP) is 5.27. The number of hydrogen-bond acceptors (Lipinski definition) is 0. The molecule has 1 heteroatoms. The molecule has 15 heavy (non-hydrogen) atoms. The SMILES string of the molecule is CC1CCCCCCCCCC1[Si](C)C. The van der Waals surface area contributed by atoms with Gasteiger partial charge in [-0.3, -0.25) is 0 Å². The molecule has 1 saturated carbocycles. The van der Waals surface area contributed by atoms with Gasteiger partial charge in [0.1, 0.15) is 0 Å². The molecule has 0 saturated heterocycles. The van der Waals surface area contributed by atoms with E-state index in [9.17, 15) is 0 Å². The van der Waals surface area contributed by atoms with E-state index in [-0.39, 0.29) is 8.80 Å². The molecule has 1 fully saturated rings. The van der Waals surface area contributed by atoms with Crippen molar-refractivity contribution < 1.29 is 0 Å². The fourth-order valence-electron chi connectivity index (χ4n) is 3.06. The van der Waals surface area contributed by atoms with Crippen LogP contribution in [0, 0.1) is 5.92 Å². The highest BCUT2D eigenvalue weighted by Crippen LogP contribution is 2.32. The molecule has 1 aliphatic rings. The Morgan fingerprint density at radius 1 is 0.733 bits per heavy atom. The standard InChI is InChI=1S/C14H29Si/c1-13-11-9-7-5-4-6-8-10-12-14(13)15(2)3/h13-14H,4-12H2,1-3H3. The first-order chi connectivity index (χ1) is 7.22. The fourth-order valence-corrected chi connectivity index (χ4v) is 5.14. The highest BCUT2D eigenvalue weighted by Gasteiger charge is 2.21. The Morgan fingerprint density at radius 3 is 1.73 bits per heavy atom. The van der Waals surface area contributed by atoms with Crippen LogP contribution in [0.4, 0.5) is 0 Å². The second kappa shape index (κ2) is 7.48. The van der Waals surface area contributed by atoms with Gasteiger partial charge >= 0.3 is 0 Å². The van der Waals surface area contributed by atoms with Crippen molar-refractivity contribution in [3.63, 3.8) is 0 Å².